The van der Waals surface area contributed by atoms with Crippen LogP contribution < -0.4 is 16.4 Å². The second-order valence-corrected chi connectivity index (χ2v) is 6.87. The van der Waals surface area contributed by atoms with Gasteiger partial charge < -0.3 is 0 Å². The first-order valence-corrected chi connectivity index (χ1v) is 9.22. The minimum Gasteiger partial charge on any atom is -0.273 e. The molecule has 0 radical (unpaired) electrons. The van der Waals surface area contributed by atoms with Crippen molar-refractivity contribution in [2.75, 3.05) is 0 Å². The third kappa shape index (κ3) is 4.66. The van der Waals surface area contributed by atoms with Crippen molar-refractivity contribution in [2.24, 2.45) is 0 Å². The number of rotatable bonds is 5. The SMILES string of the molecule is CC(C)n1nc(C(=O)NNC(=O)CCc2cccc(F)c2)c2ccccc2c1=O. The molecule has 1 heterocycles. The second kappa shape index (κ2) is 8.64. The number of aryl methyl sites for hydroxylation is 1. The van der Waals surface area contributed by atoms with Gasteiger partial charge in [-0.15, -0.1) is 0 Å². The zero-order valence-electron chi connectivity index (χ0n) is 16.1. The van der Waals surface area contributed by atoms with Gasteiger partial charge in [0.15, 0.2) is 5.69 Å². The molecule has 150 valence electrons. The summed E-state index contributed by atoms with van der Waals surface area (Å²) >= 11 is 0. The molecule has 0 saturated carbocycles. The number of fused-ring (bicyclic) bond motifs is 1. The van der Waals surface area contributed by atoms with Gasteiger partial charge in [0.2, 0.25) is 5.91 Å². The first kappa shape index (κ1) is 20.2. The van der Waals surface area contributed by atoms with E-state index in [1.807, 2.05) is 0 Å². The van der Waals surface area contributed by atoms with Crippen molar-refractivity contribution in [1.29, 1.82) is 0 Å². The van der Waals surface area contributed by atoms with E-state index in [0.29, 0.717) is 22.8 Å². The molecule has 0 aliphatic carbocycles. The number of hydrazine groups is 1. The molecule has 29 heavy (non-hydrogen) atoms. The number of aromatic nitrogens is 2. The maximum Gasteiger partial charge on any atom is 0.290 e. The van der Waals surface area contributed by atoms with Crippen LogP contribution in [0.3, 0.4) is 0 Å². The van der Waals surface area contributed by atoms with Gasteiger partial charge in [-0.25, -0.2) is 9.07 Å². The van der Waals surface area contributed by atoms with E-state index in [0.717, 1.165) is 0 Å². The molecule has 1 aromatic heterocycles. The monoisotopic (exact) mass is 396 g/mol. The van der Waals surface area contributed by atoms with E-state index in [2.05, 4.69) is 16.0 Å². The second-order valence-electron chi connectivity index (χ2n) is 6.87. The number of nitrogens with one attached hydrogen (secondary N) is 2. The van der Waals surface area contributed by atoms with Crippen molar-refractivity contribution >= 4 is 22.6 Å². The largest absolute Gasteiger partial charge is 0.290 e. The molecule has 0 aliphatic rings. The van der Waals surface area contributed by atoms with Crippen LogP contribution in [0.25, 0.3) is 10.8 Å². The van der Waals surface area contributed by atoms with Crippen molar-refractivity contribution in [3.63, 3.8) is 0 Å². The number of carbonyl (C=O) groups is 2. The third-order valence-corrected chi connectivity index (χ3v) is 4.38. The molecule has 2 aromatic carbocycles. The topological polar surface area (TPSA) is 93.1 Å². The van der Waals surface area contributed by atoms with Gasteiger partial charge in [-0.1, -0.05) is 30.3 Å². The summed E-state index contributed by atoms with van der Waals surface area (Å²) in [5.74, 6) is -1.42. The zero-order chi connectivity index (χ0) is 21.0. The number of amides is 2. The van der Waals surface area contributed by atoms with Gasteiger partial charge in [-0.05, 0) is 44.0 Å². The van der Waals surface area contributed by atoms with Crippen molar-refractivity contribution in [3.05, 3.63) is 76.0 Å². The van der Waals surface area contributed by atoms with Crippen LogP contribution in [0, 0.1) is 5.82 Å². The van der Waals surface area contributed by atoms with Gasteiger partial charge >= 0.3 is 0 Å². The summed E-state index contributed by atoms with van der Waals surface area (Å²) in [6.07, 6.45) is 0.405. The molecule has 0 atom stereocenters. The Balaban J connectivity index is 1.72. The van der Waals surface area contributed by atoms with Gasteiger partial charge in [-0.2, -0.15) is 5.10 Å². The molecule has 2 amide bonds. The highest BCUT2D eigenvalue weighted by Crippen LogP contribution is 2.14. The number of carbonyl (C=O) groups excluding carboxylic acids is 2. The van der Waals surface area contributed by atoms with Crippen LogP contribution in [0.5, 0.6) is 0 Å². The Hall–Kier alpha value is -3.55. The van der Waals surface area contributed by atoms with Crippen molar-refractivity contribution in [2.45, 2.75) is 32.7 Å². The lowest BCUT2D eigenvalue weighted by Crippen LogP contribution is -2.43. The average Bonchev–Trinajstić information content (AvgIpc) is 2.70. The number of nitrogens with zero attached hydrogens (tertiary/aromatic N) is 2. The Morgan fingerprint density at radius 1 is 1.07 bits per heavy atom. The first-order valence-electron chi connectivity index (χ1n) is 9.22. The maximum atomic E-state index is 13.2. The lowest BCUT2D eigenvalue weighted by molar-refractivity contribution is -0.121. The number of benzene rings is 2. The van der Waals surface area contributed by atoms with Crippen LogP contribution in [0.15, 0.2) is 53.3 Å². The molecule has 3 rings (SSSR count). The fourth-order valence-electron chi connectivity index (χ4n) is 2.92. The van der Waals surface area contributed by atoms with Gasteiger partial charge in [0, 0.05) is 11.8 Å². The summed E-state index contributed by atoms with van der Waals surface area (Å²) in [5.41, 5.74) is 5.11. The van der Waals surface area contributed by atoms with Gasteiger partial charge in [-0.3, -0.25) is 25.2 Å². The van der Waals surface area contributed by atoms with Crippen LogP contribution in [-0.2, 0) is 11.2 Å². The molecule has 3 aromatic rings. The summed E-state index contributed by atoms with van der Waals surface area (Å²) in [6, 6.07) is 12.4. The summed E-state index contributed by atoms with van der Waals surface area (Å²) in [7, 11) is 0. The Morgan fingerprint density at radius 3 is 2.48 bits per heavy atom. The third-order valence-electron chi connectivity index (χ3n) is 4.38. The van der Waals surface area contributed by atoms with Crippen molar-refractivity contribution in [1.82, 2.24) is 20.6 Å². The first-order chi connectivity index (χ1) is 13.9. The summed E-state index contributed by atoms with van der Waals surface area (Å²) in [4.78, 5) is 37.2. The molecule has 8 heteroatoms. The Morgan fingerprint density at radius 2 is 1.79 bits per heavy atom. The molecule has 0 bridgehead atoms. The molecular formula is C21H21FN4O3. The van der Waals surface area contributed by atoms with E-state index in [1.54, 1.807) is 50.2 Å². The Kier molecular flexibility index (Phi) is 6.01. The predicted octanol–water partition coefficient (Wildman–Crippen LogP) is 2.51. The van der Waals surface area contributed by atoms with Crippen LogP contribution in [0.1, 0.15) is 42.4 Å². The average molecular weight is 396 g/mol. The van der Waals surface area contributed by atoms with E-state index in [1.165, 1.54) is 16.8 Å². The Labute approximate surface area is 166 Å². The molecule has 0 spiro atoms. The quantitative estimate of drug-likeness (QED) is 0.648. The van der Waals surface area contributed by atoms with E-state index < -0.39 is 11.8 Å². The number of hydrogen-bond acceptors (Lipinski definition) is 4. The van der Waals surface area contributed by atoms with Crippen LogP contribution in [0.4, 0.5) is 4.39 Å². The minimum absolute atomic E-state index is 0.0410. The minimum atomic E-state index is -0.630. The number of hydrogen-bond donors (Lipinski definition) is 2. The van der Waals surface area contributed by atoms with E-state index in [-0.39, 0.29) is 29.5 Å². The zero-order valence-corrected chi connectivity index (χ0v) is 16.1. The summed E-state index contributed by atoms with van der Waals surface area (Å²) in [6.45, 7) is 3.58. The van der Waals surface area contributed by atoms with Crippen LogP contribution in [0.2, 0.25) is 0 Å². The number of halogens is 1. The molecule has 0 fully saturated rings. The Bertz CT molecular complexity index is 1120. The lowest BCUT2D eigenvalue weighted by atomic mass is 10.1. The molecular weight excluding hydrogens is 375 g/mol. The molecule has 7 nitrogen and oxygen atoms in total. The molecule has 2 N–H and O–H groups in total. The maximum absolute atomic E-state index is 13.2. The highest BCUT2D eigenvalue weighted by molar-refractivity contribution is 6.05. The van der Waals surface area contributed by atoms with E-state index in [4.69, 9.17) is 0 Å². The standard InChI is InChI=1S/C21H21FN4O3/c1-13(2)26-21(29)17-9-4-3-8-16(17)19(25-26)20(28)24-23-18(27)11-10-14-6-5-7-15(22)12-14/h3-9,12-13H,10-11H2,1-2H3,(H,23,27)(H,24,28). The lowest BCUT2D eigenvalue weighted by Gasteiger charge is -2.13. The fraction of sp³-hybridized carbons (Fsp3) is 0.238. The van der Waals surface area contributed by atoms with Gasteiger partial charge in [0.1, 0.15) is 5.82 Å². The van der Waals surface area contributed by atoms with Crippen LogP contribution >= 0.6 is 0 Å². The predicted molar refractivity (Wildman–Crippen MR) is 107 cm³/mol. The van der Waals surface area contributed by atoms with E-state index in [9.17, 15) is 18.8 Å². The highest BCUT2D eigenvalue weighted by Gasteiger charge is 2.18. The fourth-order valence-corrected chi connectivity index (χ4v) is 2.92. The molecule has 0 unspecified atom stereocenters. The van der Waals surface area contributed by atoms with Crippen molar-refractivity contribution in [3.8, 4) is 0 Å². The molecule has 0 aliphatic heterocycles. The molecule has 0 saturated heterocycles. The van der Waals surface area contributed by atoms with Crippen LogP contribution in [-0.4, -0.2) is 21.6 Å². The van der Waals surface area contributed by atoms with E-state index >= 15 is 0 Å². The smallest absolute Gasteiger partial charge is 0.273 e. The normalized spacial score (nSPS) is 10.9. The summed E-state index contributed by atoms with van der Waals surface area (Å²) < 4.78 is 14.4. The highest BCUT2D eigenvalue weighted by atomic mass is 19.1. The van der Waals surface area contributed by atoms with Gasteiger partial charge in [0.25, 0.3) is 11.5 Å². The summed E-state index contributed by atoms with van der Waals surface area (Å²) in [5, 5.41) is 4.96. The van der Waals surface area contributed by atoms with Crippen molar-refractivity contribution < 1.29 is 14.0 Å². The van der Waals surface area contributed by atoms with Gasteiger partial charge in [0.05, 0.1) is 11.4 Å².